The second-order valence-corrected chi connectivity index (χ2v) is 8.43. The Labute approximate surface area is 137 Å². The molecule has 1 atom stereocenters. The lowest BCUT2D eigenvalue weighted by Crippen LogP contribution is -2.44. The molecular formula is C16H24N2O4S. The molecule has 1 aliphatic heterocycles. The van der Waals surface area contributed by atoms with Gasteiger partial charge in [0.15, 0.2) is 0 Å². The fourth-order valence-corrected chi connectivity index (χ4v) is 4.44. The van der Waals surface area contributed by atoms with Crippen LogP contribution in [0.4, 0.5) is 5.69 Å². The molecule has 2 rings (SSSR count). The van der Waals surface area contributed by atoms with Gasteiger partial charge in [-0.15, -0.1) is 0 Å². The highest BCUT2D eigenvalue weighted by Crippen LogP contribution is 2.25. The van der Waals surface area contributed by atoms with Crippen molar-refractivity contribution in [1.29, 1.82) is 0 Å². The number of aliphatic carboxylic acids is 1. The maximum atomic E-state index is 12.2. The minimum Gasteiger partial charge on any atom is -0.481 e. The molecule has 0 aromatic heterocycles. The van der Waals surface area contributed by atoms with Crippen LogP contribution in [0.25, 0.3) is 0 Å². The van der Waals surface area contributed by atoms with E-state index in [-0.39, 0.29) is 6.04 Å². The van der Waals surface area contributed by atoms with E-state index in [0.29, 0.717) is 6.54 Å². The minimum absolute atomic E-state index is 0.0973. The van der Waals surface area contributed by atoms with E-state index in [2.05, 4.69) is 9.62 Å². The van der Waals surface area contributed by atoms with Crippen LogP contribution >= 0.6 is 0 Å². The number of carboxylic acids is 1. The number of benzene rings is 1. The Morgan fingerprint density at radius 3 is 2.61 bits per heavy atom. The lowest BCUT2D eigenvalue weighted by molar-refractivity contribution is -0.145. The molecule has 1 aliphatic rings. The molecule has 1 fully saturated rings. The smallest absolute Gasteiger partial charge is 0.310 e. The van der Waals surface area contributed by atoms with Crippen LogP contribution in [0.15, 0.2) is 30.3 Å². The predicted octanol–water partition coefficient (Wildman–Crippen LogP) is 1.69. The van der Waals surface area contributed by atoms with Gasteiger partial charge in [-0.1, -0.05) is 18.2 Å². The average Bonchev–Trinajstić information content (AvgIpc) is 2.93. The van der Waals surface area contributed by atoms with Crippen LogP contribution in [-0.2, 0) is 14.8 Å². The minimum atomic E-state index is -3.63. The van der Waals surface area contributed by atoms with E-state index in [0.717, 1.165) is 25.1 Å². The van der Waals surface area contributed by atoms with Crippen LogP contribution < -0.4 is 9.62 Å². The van der Waals surface area contributed by atoms with E-state index in [1.165, 1.54) is 13.8 Å². The van der Waals surface area contributed by atoms with Crippen molar-refractivity contribution in [3.05, 3.63) is 30.3 Å². The highest BCUT2D eigenvalue weighted by Gasteiger charge is 2.34. The van der Waals surface area contributed by atoms with Crippen molar-refractivity contribution in [3.63, 3.8) is 0 Å². The monoisotopic (exact) mass is 340 g/mol. The molecule has 1 heterocycles. The molecule has 0 amide bonds. The van der Waals surface area contributed by atoms with Crippen LogP contribution in [-0.4, -0.2) is 44.4 Å². The third-order valence-electron chi connectivity index (χ3n) is 4.13. The summed E-state index contributed by atoms with van der Waals surface area (Å²) in [6, 6.07) is 10.0. The van der Waals surface area contributed by atoms with Gasteiger partial charge in [-0.05, 0) is 38.8 Å². The molecule has 0 bridgehead atoms. The summed E-state index contributed by atoms with van der Waals surface area (Å²) in [4.78, 5) is 13.3. The van der Waals surface area contributed by atoms with Crippen molar-refractivity contribution >= 4 is 21.7 Å². The molecule has 0 radical (unpaired) electrons. The molecule has 23 heavy (non-hydrogen) atoms. The number of nitrogens with one attached hydrogen (secondary N) is 1. The van der Waals surface area contributed by atoms with E-state index in [4.69, 9.17) is 5.11 Å². The first-order valence-corrected chi connectivity index (χ1v) is 9.39. The molecule has 1 aromatic rings. The Kier molecular flexibility index (Phi) is 5.31. The van der Waals surface area contributed by atoms with Crippen molar-refractivity contribution in [3.8, 4) is 0 Å². The molecule has 0 saturated carbocycles. The van der Waals surface area contributed by atoms with Gasteiger partial charge in [0.2, 0.25) is 10.0 Å². The molecule has 128 valence electrons. The highest BCUT2D eigenvalue weighted by molar-refractivity contribution is 7.89. The van der Waals surface area contributed by atoms with Gasteiger partial charge in [0.25, 0.3) is 0 Å². The zero-order valence-electron chi connectivity index (χ0n) is 13.5. The van der Waals surface area contributed by atoms with Crippen LogP contribution in [0.3, 0.4) is 0 Å². The summed E-state index contributed by atoms with van der Waals surface area (Å²) in [5.41, 5.74) is -0.222. The number of hydrogen-bond donors (Lipinski definition) is 2. The number of para-hydroxylation sites is 1. The van der Waals surface area contributed by atoms with Gasteiger partial charge in [0, 0.05) is 24.8 Å². The van der Waals surface area contributed by atoms with Crippen molar-refractivity contribution in [2.45, 2.75) is 32.7 Å². The van der Waals surface area contributed by atoms with Gasteiger partial charge in [-0.2, -0.15) is 0 Å². The van der Waals surface area contributed by atoms with Crippen LogP contribution in [0, 0.1) is 5.41 Å². The van der Waals surface area contributed by atoms with Crippen molar-refractivity contribution in [1.82, 2.24) is 4.72 Å². The predicted molar refractivity (Wildman–Crippen MR) is 90.0 cm³/mol. The van der Waals surface area contributed by atoms with Crippen LogP contribution in [0.1, 0.15) is 26.7 Å². The van der Waals surface area contributed by atoms with Gasteiger partial charge >= 0.3 is 5.97 Å². The zero-order valence-corrected chi connectivity index (χ0v) is 14.3. The summed E-state index contributed by atoms with van der Waals surface area (Å²) in [6.07, 6.45) is 1.93. The normalized spacial score (nSPS) is 19.0. The highest BCUT2D eigenvalue weighted by atomic mass is 32.2. The molecule has 6 nitrogen and oxygen atoms in total. The van der Waals surface area contributed by atoms with Gasteiger partial charge in [0.05, 0.1) is 11.2 Å². The summed E-state index contributed by atoms with van der Waals surface area (Å²) < 4.78 is 26.9. The van der Waals surface area contributed by atoms with Crippen LogP contribution in [0.2, 0.25) is 0 Å². The standard InChI is InChI=1S/C16H24N2O4S/c1-16(2,15(19)20)12-23(21,22)17-11-14-9-6-10-18(14)13-7-4-3-5-8-13/h3-5,7-8,14,17H,6,9-12H2,1-2H3,(H,19,20)/t14-/m1/s1. The first kappa shape index (κ1) is 17.7. The molecule has 0 spiro atoms. The summed E-state index contributed by atoms with van der Waals surface area (Å²) >= 11 is 0. The van der Waals surface area contributed by atoms with Crippen LogP contribution in [0.5, 0.6) is 0 Å². The molecular weight excluding hydrogens is 316 g/mol. The van der Waals surface area contributed by atoms with Gasteiger partial charge in [-0.25, -0.2) is 13.1 Å². The average molecular weight is 340 g/mol. The second kappa shape index (κ2) is 6.88. The second-order valence-electron chi connectivity index (χ2n) is 6.62. The van der Waals surface area contributed by atoms with Gasteiger partial charge < -0.3 is 10.0 Å². The zero-order chi connectivity index (χ0) is 17.1. The molecule has 1 saturated heterocycles. The summed E-state index contributed by atoms with van der Waals surface area (Å²) in [5, 5.41) is 9.07. The largest absolute Gasteiger partial charge is 0.481 e. The van der Waals surface area contributed by atoms with E-state index < -0.39 is 27.2 Å². The fourth-order valence-electron chi connectivity index (χ4n) is 2.82. The number of hydrogen-bond acceptors (Lipinski definition) is 4. The summed E-state index contributed by atoms with van der Waals surface area (Å²) in [5.74, 6) is -1.54. The Hall–Kier alpha value is -1.60. The summed E-state index contributed by atoms with van der Waals surface area (Å²) in [7, 11) is -3.63. The molecule has 2 N–H and O–H groups in total. The van der Waals surface area contributed by atoms with Crippen molar-refractivity contribution in [2.75, 3.05) is 23.7 Å². The Morgan fingerprint density at radius 2 is 2.00 bits per heavy atom. The first-order chi connectivity index (χ1) is 10.7. The van der Waals surface area contributed by atoms with E-state index in [1.54, 1.807) is 0 Å². The SMILES string of the molecule is CC(C)(CS(=O)(=O)NC[C@H]1CCCN1c1ccccc1)C(=O)O. The number of rotatable bonds is 7. The van der Waals surface area contributed by atoms with E-state index in [1.807, 2.05) is 30.3 Å². The molecule has 7 heteroatoms. The summed E-state index contributed by atoms with van der Waals surface area (Å²) in [6.45, 7) is 4.03. The van der Waals surface area contributed by atoms with Gasteiger partial charge in [-0.3, -0.25) is 4.79 Å². The number of anilines is 1. The number of nitrogens with zero attached hydrogens (tertiary/aromatic N) is 1. The van der Waals surface area contributed by atoms with E-state index in [9.17, 15) is 13.2 Å². The maximum Gasteiger partial charge on any atom is 0.310 e. The Balaban J connectivity index is 1.98. The molecule has 1 aromatic carbocycles. The molecule has 0 unspecified atom stereocenters. The van der Waals surface area contributed by atoms with Gasteiger partial charge in [0.1, 0.15) is 0 Å². The van der Waals surface area contributed by atoms with Crippen molar-refractivity contribution in [2.24, 2.45) is 5.41 Å². The van der Waals surface area contributed by atoms with E-state index >= 15 is 0 Å². The third kappa shape index (κ3) is 4.68. The number of carboxylic acid groups (broad SMARTS) is 1. The fraction of sp³-hybridized carbons (Fsp3) is 0.562. The lowest BCUT2D eigenvalue weighted by Gasteiger charge is -2.27. The lowest BCUT2D eigenvalue weighted by atomic mass is 9.97. The molecule has 0 aliphatic carbocycles. The Bertz CT molecular complexity index is 643. The quantitative estimate of drug-likeness (QED) is 0.789. The third-order valence-corrected chi connectivity index (χ3v) is 5.84. The number of sulfonamides is 1. The maximum absolute atomic E-state index is 12.2. The first-order valence-electron chi connectivity index (χ1n) is 7.74. The topological polar surface area (TPSA) is 86.7 Å². The number of carbonyl (C=O) groups is 1. The van der Waals surface area contributed by atoms with Crippen molar-refractivity contribution < 1.29 is 18.3 Å². The Morgan fingerprint density at radius 1 is 1.35 bits per heavy atom.